The minimum absolute atomic E-state index is 0.0442. The lowest BCUT2D eigenvalue weighted by molar-refractivity contribution is -0.114. The Morgan fingerprint density at radius 1 is 1.15 bits per heavy atom. The Kier molecular flexibility index (Phi) is 3.38. The second kappa shape index (κ2) is 5.33. The first-order valence-corrected chi connectivity index (χ1v) is 6.83. The molecule has 0 amide bonds. The van der Waals surface area contributed by atoms with E-state index in [-0.39, 0.29) is 11.8 Å². The fraction of sp³-hybridized carbons (Fsp3) is 0.167. The number of Topliss-reactive ketones (excluding diaryl/α,β-unsaturated/α-hetero) is 1. The summed E-state index contributed by atoms with van der Waals surface area (Å²) in [6.07, 6.45) is 12.2. The molecule has 1 aliphatic heterocycles. The van der Waals surface area contributed by atoms with Gasteiger partial charge in [-0.25, -0.2) is 0 Å². The zero-order chi connectivity index (χ0) is 13.9. The molecule has 0 saturated heterocycles. The highest BCUT2D eigenvalue weighted by atomic mass is 16.1. The van der Waals surface area contributed by atoms with Crippen LogP contribution in [0.5, 0.6) is 0 Å². The van der Waals surface area contributed by atoms with Gasteiger partial charge in [-0.15, -0.1) is 0 Å². The summed E-state index contributed by atoms with van der Waals surface area (Å²) < 4.78 is 0. The topological polar surface area (TPSA) is 20.3 Å². The molecule has 100 valence electrons. The normalized spacial score (nSPS) is 20.2. The Hall–Kier alpha value is -2.35. The number of allylic oxidation sites excluding steroid dienone is 4. The number of rotatable bonds is 3. The number of hydrogen-bond donors (Lipinski definition) is 0. The van der Waals surface area contributed by atoms with Gasteiger partial charge in [0.15, 0.2) is 5.78 Å². The Morgan fingerprint density at radius 2 is 1.95 bits per heavy atom. The van der Waals surface area contributed by atoms with Crippen LogP contribution in [-0.2, 0) is 11.3 Å². The van der Waals surface area contributed by atoms with Crippen molar-refractivity contribution in [3.8, 4) is 0 Å². The average molecular weight is 263 g/mol. The van der Waals surface area contributed by atoms with E-state index in [0.717, 1.165) is 12.1 Å². The van der Waals surface area contributed by atoms with Gasteiger partial charge < -0.3 is 4.90 Å². The van der Waals surface area contributed by atoms with Crippen molar-refractivity contribution in [1.82, 2.24) is 4.90 Å². The van der Waals surface area contributed by atoms with Crippen molar-refractivity contribution in [2.75, 3.05) is 0 Å². The number of carbonyl (C=O) groups is 1. The molecule has 1 aliphatic carbocycles. The molecule has 0 radical (unpaired) electrons. The first kappa shape index (κ1) is 12.7. The van der Waals surface area contributed by atoms with Crippen molar-refractivity contribution in [3.05, 3.63) is 83.6 Å². The molecule has 1 unspecified atom stereocenters. The van der Waals surface area contributed by atoms with Crippen LogP contribution in [0.3, 0.4) is 0 Å². The third-order valence-electron chi connectivity index (χ3n) is 3.69. The molecule has 2 heteroatoms. The molecule has 3 rings (SSSR count). The van der Waals surface area contributed by atoms with Crippen LogP contribution in [0, 0.1) is 0 Å². The minimum atomic E-state index is 0.0442. The minimum Gasteiger partial charge on any atom is -0.362 e. The molecule has 1 atom stereocenters. The van der Waals surface area contributed by atoms with E-state index in [4.69, 9.17) is 0 Å². The van der Waals surface area contributed by atoms with E-state index >= 15 is 0 Å². The lowest BCUT2D eigenvalue weighted by atomic mass is 9.88. The summed E-state index contributed by atoms with van der Waals surface area (Å²) >= 11 is 0. The maximum absolute atomic E-state index is 11.9. The van der Waals surface area contributed by atoms with E-state index in [1.165, 1.54) is 11.1 Å². The number of ketones is 1. The van der Waals surface area contributed by atoms with Gasteiger partial charge in [0.25, 0.3) is 0 Å². The van der Waals surface area contributed by atoms with Gasteiger partial charge >= 0.3 is 0 Å². The van der Waals surface area contributed by atoms with Gasteiger partial charge in [0, 0.05) is 18.3 Å². The van der Waals surface area contributed by atoms with Crippen LogP contribution in [0.25, 0.3) is 0 Å². The maximum atomic E-state index is 11.9. The smallest absolute Gasteiger partial charge is 0.158 e. The summed E-state index contributed by atoms with van der Waals surface area (Å²) in [5, 5.41) is 0. The van der Waals surface area contributed by atoms with Gasteiger partial charge in [-0.1, -0.05) is 54.6 Å². The molecule has 0 saturated carbocycles. The molecule has 20 heavy (non-hydrogen) atoms. The van der Waals surface area contributed by atoms with Crippen molar-refractivity contribution >= 4 is 5.78 Å². The Morgan fingerprint density at radius 3 is 2.70 bits per heavy atom. The van der Waals surface area contributed by atoms with Crippen molar-refractivity contribution in [2.45, 2.75) is 19.5 Å². The lowest BCUT2D eigenvalue weighted by Crippen LogP contribution is -2.37. The monoisotopic (exact) mass is 263 g/mol. The molecular formula is C18H17NO. The molecule has 2 aliphatic rings. The predicted octanol–water partition coefficient (Wildman–Crippen LogP) is 3.40. The van der Waals surface area contributed by atoms with Crippen molar-refractivity contribution in [3.63, 3.8) is 0 Å². The number of nitrogens with zero attached hydrogens (tertiary/aromatic N) is 1. The zero-order valence-corrected chi connectivity index (χ0v) is 11.5. The molecule has 1 aromatic rings. The molecule has 1 aromatic carbocycles. The number of carbonyl (C=O) groups excluding carboxylic acids is 1. The summed E-state index contributed by atoms with van der Waals surface area (Å²) in [7, 11) is 0. The lowest BCUT2D eigenvalue weighted by Gasteiger charge is -2.36. The molecule has 0 aromatic heterocycles. The largest absolute Gasteiger partial charge is 0.362 e. The van der Waals surface area contributed by atoms with Gasteiger partial charge in [-0.2, -0.15) is 0 Å². The first-order chi connectivity index (χ1) is 9.75. The Balaban J connectivity index is 1.90. The second-order valence-corrected chi connectivity index (χ2v) is 5.11. The van der Waals surface area contributed by atoms with Crippen molar-refractivity contribution < 1.29 is 4.79 Å². The van der Waals surface area contributed by atoms with Gasteiger partial charge in [0.2, 0.25) is 0 Å². The molecule has 1 heterocycles. The van der Waals surface area contributed by atoms with Crippen LogP contribution in [-0.4, -0.2) is 16.7 Å². The highest BCUT2D eigenvalue weighted by Crippen LogP contribution is 2.29. The molecule has 0 fully saturated rings. The quantitative estimate of drug-likeness (QED) is 0.833. The third-order valence-corrected chi connectivity index (χ3v) is 3.69. The molecular weight excluding hydrogens is 246 g/mol. The van der Waals surface area contributed by atoms with E-state index in [2.05, 4.69) is 35.4 Å². The van der Waals surface area contributed by atoms with Crippen LogP contribution in [0.15, 0.2) is 78.1 Å². The summed E-state index contributed by atoms with van der Waals surface area (Å²) in [6.45, 7) is 2.44. The van der Waals surface area contributed by atoms with E-state index in [9.17, 15) is 4.79 Å². The van der Waals surface area contributed by atoms with Crippen LogP contribution in [0.4, 0.5) is 0 Å². The van der Waals surface area contributed by atoms with Gasteiger partial charge in [0.05, 0.1) is 6.04 Å². The van der Waals surface area contributed by atoms with Gasteiger partial charge in [-0.05, 0) is 24.1 Å². The fourth-order valence-corrected chi connectivity index (χ4v) is 2.74. The maximum Gasteiger partial charge on any atom is 0.158 e. The Bertz CT molecular complexity index is 635. The van der Waals surface area contributed by atoms with E-state index in [1.54, 1.807) is 6.92 Å². The number of hydrogen-bond acceptors (Lipinski definition) is 2. The third kappa shape index (κ3) is 2.37. The molecule has 0 N–H and O–H groups in total. The first-order valence-electron chi connectivity index (χ1n) is 6.83. The SMILES string of the molecule is CC(=O)C1=CC=CC2=CC=CN(Cc3ccccc3)C21. The second-order valence-electron chi connectivity index (χ2n) is 5.11. The summed E-state index contributed by atoms with van der Waals surface area (Å²) in [6, 6.07) is 10.4. The molecule has 2 nitrogen and oxygen atoms in total. The van der Waals surface area contributed by atoms with Gasteiger partial charge in [-0.3, -0.25) is 4.79 Å². The van der Waals surface area contributed by atoms with E-state index < -0.39 is 0 Å². The predicted molar refractivity (Wildman–Crippen MR) is 80.9 cm³/mol. The standard InChI is InChI=1S/C18H17NO/c1-14(20)17-11-5-9-16-10-6-12-19(18(16)17)13-15-7-3-2-4-8-15/h2-12,18H,13H2,1H3. The van der Waals surface area contributed by atoms with Crippen LogP contribution in [0.2, 0.25) is 0 Å². The van der Waals surface area contributed by atoms with Crippen LogP contribution in [0.1, 0.15) is 12.5 Å². The van der Waals surface area contributed by atoms with Crippen molar-refractivity contribution in [1.29, 1.82) is 0 Å². The van der Waals surface area contributed by atoms with E-state index in [1.807, 2.05) is 36.4 Å². The van der Waals surface area contributed by atoms with Crippen LogP contribution < -0.4 is 0 Å². The van der Waals surface area contributed by atoms with E-state index in [0.29, 0.717) is 0 Å². The number of benzene rings is 1. The fourth-order valence-electron chi connectivity index (χ4n) is 2.74. The summed E-state index contributed by atoms with van der Waals surface area (Å²) in [5.41, 5.74) is 3.28. The van der Waals surface area contributed by atoms with Crippen molar-refractivity contribution in [2.24, 2.45) is 0 Å². The van der Waals surface area contributed by atoms with Crippen LogP contribution >= 0.6 is 0 Å². The highest BCUT2D eigenvalue weighted by Gasteiger charge is 2.28. The number of fused-ring (bicyclic) bond motifs is 1. The Labute approximate surface area is 119 Å². The summed E-state index contributed by atoms with van der Waals surface area (Å²) in [5.74, 6) is 0.138. The average Bonchev–Trinajstić information content (AvgIpc) is 2.48. The molecule has 0 spiro atoms. The zero-order valence-electron chi connectivity index (χ0n) is 11.5. The summed E-state index contributed by atoms with van der Waals surface area (Å²) in [4.78, 5) is 14.1. The van der Waals surface area contributed by atoms with Gasteiger partial charge in [0.1, 0.15) is 0 Å². The molecule has 0 bridgehead atoms. The highest BCUT2D eigenvalue weighted by molar-refractivity contribution is 5.96.